The lowest BCUT2D eigenvalue weighted by Gasteiger charge is -2.18. The van der Waals surface area contributed by atoms with Gasteiger partial charge in [0, 0.05) is 37.2 Å². The number of methoxy groups -OCH3 is 1. The fourth-order valence-corrected chi connectivity index (χ4v) is 3.22. The molecule has 0 radical (unpaired) electrons. The summed E-state index contributed by atoms with van der Waals surface area (Å²) < 4.78 is 10.9. The molecule has 3 aromatic heterocycles. The van der Waals surface area contributed by atoms with E-state index in [-0.39, 0.29) is 5.91 Å². The van der Waals surface area contributed by atoms with Crippen LogP contribution >= 0.6 is 0 Å². The second-order valence-corrected chi connectivity index (χ2v) is 6.93. The van der Waals surface area contributed by atoms with Crippen molar-refractivity contribution in [2.24, 2.45) is 0 Å². The molecule has 0 aliphatic carbocycles. The van der Waals surface area contributed by atoms with Gasteiger partial charge in [-0.05, 0) is 59.7 Å². The molecule has 0 aliphatic heterocycles. The van der Waals surface area contributed by atoms with E-state index >= 15 is 0 Å². The number of likely N-dealkylation sites (N-methyl/N-ethyl adjacent to an activating group) is 1. The zero-order valence-corrected chi connectivity index (χ0v) is 17.4. The van der Waals surface area contributed by atoms with Crippen molar-refractivity contribution in [2.45, 2.75) is 0 Å². The largest absolute Gasteiger partial charge is 0.497 e. The van der Waals surface area contributed by atoms with Crippen molar-refractivity contribution >= 4 is 16.8 Å². The average Bonchev–Trinajstić information content (AvgIpc) is 2.83. The highest BCUT2D eigenvalue weighted by atomic mass is 16.5. The topological polar surface area (TPSA) is 77.4 Å². The zero-order valence-electron chi connectivity index (χ0n) is 17.4. The Morgan fingerprint density at radius 1 is 0.968 bits per heavy atom. The third-order valence-corrected chi connectivity index (χ3v) is 4.92. The molecule has 4 rings (SSSR count). The Balaban J connectivity index is 1.51. The summed E-state index contributed by atoms with van der Waals surface area (Å²) in [4.78, 5) is 27.5. The van der Waals surface area contributed by atoms with Gasteiger partial charge in [-0.15, -0.1) is 0 Å². The van der Waals surface area contributed by atoms with Crippen molar-refractivity contribution in [1.82, 2.24) is 19.9 Å². The summed E-state index contributed by atoms with van der Waals surface area (Å²) in [5, 5.41) is 0.885. The van der Waals surface area contributed by atoms with Crippen LogP contribution < -0.4 is 9.47 Å². The minimum absolute atomic E-state index is 0.174. The molecule has 31 heavy (non-hydrogen) atoms. The molecule has 0 saturated heterocycles. The van der Waals surface area contributed by atoms with E-state index < -0.39 is 0 Å². The van der Waals surface area contributed by atoms with Crippen LogP contribution in [0.15, 0.2) is 73.3 Å². The van der Waals surface area contributed by atoms with Gasteiger partial charge in [-0.1, -0.05) is 0 Å². The number of aromatic nitrogens is 3. The number of hydrogen-bond acceptors (Lipinski definition) is 6. The van der Waals surface area contributed by atoms with Crippen molar-refractivity contribution in [1.29, 1.82) is 0 Å². The number of carbonyl (C=O) groups is 1. The van der Waals surface area contributed by atoms with Gasteiger partial charge in [0.05, 0.1) is 19.2 Å². The van der Waals surface area contributed by atoms with E-state index in [4.69, 9.17) is 9.47 Å². The second-order valence-electron chi connectivity index (χ2n) is 6.93. The number of fused-ring (bicyclic) bond motifs is 1. The van der Waals surface area contributed by atoms with Crippen LogP contribution in [0.3, 0.4) is 0 Å². The predicted molar refractivity (Wildman–Crippen MR) is 118 cm³/mol. The summed E-state index contributed by atoms with van der Waals surface area (Å²) in [5.74, 6) is 1.31. The van der Waals surface area contributed by atoms with Crippen molar-refractivity contribution in [3.63, 3.8) is 0 Å². The highest BCUT2D eigenvalue weighted by Crippen LogP contribution is 2.28. The average molecular weight is 414 g/mol. The summed E-state index contributed by atoms with van der Waals surface area (Å²) in [6.45, 7) is 0.787. The van der Waals surface area contributed by atoms with E-state index in [1.165, 1.54) is 0 Å². The van der Waals surface area contributed by atoms with Gasteiger partial charge in [-0.2, -0.15) is 0 Å². The normalized spacial score (nSPS) is 10.6. The minimum Gasteiger partial charge on any atom is -0.497 e. The molecule has 7 heteroatoms. The lowest BCUT2D eigenvalue weighted by atomic mass is 10.0. The highest BCUT2D eigenvalue weighted by Gasteiger charge is 2.17. The van der Waals surface area contributed by atoms with Gasteiger partial charge in [-0.3, -0.25) is 14.8 Å². The third-order valence-electron chi connectivity index (χ3n) is 4.92. The Hall–Kier alpha value is -4.00. The molecule has 4 aromatic rings. The van der Waals surface area contributed by atoms with Crippen LogP contribution in [-0.4, -0.2) is 53.1 Å². The number of pyridine rings is 3. The summed E-state index contributed by atoms with van der Waals surface area (Å²) in [7, 11) is 3.36. The number of rotatable bonds is 7. The minimum atomic E-state index is -0.174. The lowest BCUT2D eigenvalue weighted by molar-refractivity contribution is 0.0768. The van der Waals surface area contributed by atoms with E-state index in [1.54, 1.807) is 43.8 Å². The molecular formula is C24H22N4O3. The quantitative estimate of drug-likeness (QED) is 0.457. The maximum atomic E-state index is 13.1. The summed E-state index contributed by atoms with van der Waals surface area (Å²) >= 11 is 0. The third kappa shape index (κ3) is 4.61. The van der Waals surface area contributed by atoms with Crippen molar-refractivity contribution in [2.75, 3.05) is 27.3 Å². The van der Waals surface area contributed by atoms with E-state index in [0.29, 0.717) is 18.8 Å². The first-order valence-electron chi connectivity index (χ1n) is 9.83. The number of hydrogen-bond donors (Lipinski definition) is 0. The molecule has 0 fully saturated rings. The van der Waals surface area contributed by atoms with Crippen LogP contribution in [0.1, 0.15) is 10.5 Å². The zero-order chi connectivity index (χ0) is 21.6. The van der Waals surface area contributed by atoms with Crippen molar-refractivity contribution < 1.29 is 14.3 Å². The standard InChI is InChI=1S/C24H22N4O3/c1-28(13-14-31-19-5-3-18(30-2)4-6-19)24(29)23-15-20(17-7-10-25-11-8-17)21-16-26-12-9-22(21)27-23/h3-12,15-16H,13-14H2,1-2H3. The number of benzene rings is 1. The monoisotopic (exact) mass is 414 g/mol. The number of amides is 1. The smallest absolute Gasteiger partial charge is 0.272 e. The Kier molecular flexibility index (Phi) is 6.03. The van der Waals surface area contributed by atoms with Crippen molar-refractivity contribution in [3.05, 3.63) is 79.0 Å². The van der Waals surface area contributed by atoms with Crippen molar-refractivity contribution in [3.8, 4) is 22.6 Å². The molecule has 0 saturated carbocycles. The van der Waals surface area contributed by atoms with Gasteiger partial charge in [0.1, 0.15) is 23.8 Å². The van der Waals surface area contributed by atoms with Crippen LogP contribution in [0.25, 0.3) is 22.0 Å². The van der Waals surface area contributed by atoms with E-state index in [9.17, 15) is 4.79 Å². The molecule has 156 valence electrons. The fourth-order valence-electron chi connectivity index (χ4n) is 3.22. The lowest BCUT2D eigenvalue weighted by Crippen LogP contribution is -2.31. The van der Waals surface area contributed by atoms with Crippen LogP contribution in [0.5, 0.6) is 11.5 Å². The Morgan fingerprint density at radius 2 is 1.68 bits per heavy atom. The Labute approximate surface area is 180 Å². The van der Waals surface area contributed by atoms with Gasteiger partial charge in [0.2, 0.25) is 0 Å². The van der Waals surface area contributed by atoms with Gasteiger partial charge < -0.3 is 14.4 Å². The summed E-state index contributed by atoms with van der Waals surface area (Å²) in [6, 6.07) is 14.8. The van der Waals surface area contributed by atoms with Gasteiger partial charge >= 0.3 is 0 Å². The molecule has 7 nitrogen and oxygen atoms in total. The number of nitrogens with zero attached hydrogens (tertiary/aromatic N) is 4. The second kappa shape index (κ2) is 9.21. The number of carbonyl (C=O) groups excluding carboxylic acids is 1. The van der Waals surface area contributed by atoms with Gasteiger partial charge in [0.15, 0.2) is 0 Å². The Morgan fingerprint density at radius 3 is 2.42 bits per heavy atom. The molecule has 1 amide bonds. The molecule has 0 N–H and O–H groups in total. The number of ether oxygens (including phenoxy) is 2. The van der Waals surface area contributed by atoms with E-state index in [0.717, 1.165) is 33.5 Å². The van der Waals surface area contributed by atoms with Crippen LogP contribution in [0.4, 0.5) is 0 Å². The first-order chi connectivity index (χ1) is 15.2. The van der Waals surface area contributed by atoms with Gasteiger partial charge in [-0.25, -0.2) is 4.98 Å². The van der Waals surface area contributed by atoms with Crippen LogP contribution in [-0.2, 0) is 0 Å². The maximum Gasteiger partial charge on any atom is 0.272 e. The van der Waals surface area contributed by atoms with Crippen LogP contribution in [0, 0.1) is 0 Å². The molecular weight excluding hydrogens is 392 g/mol. The molecule has 3 heterocycles. The molecule has 0 spiro atoms. The predicted octanol–water partition coefficient (Wildman–Crippen LogP) is 3.85. The van der Waals surface area contributed by atoms with E-state index in [1.807, 2.05) is 48.5 Å². The first kappa shape index (κ1) is 20.3. The Bertz CT molecular complexity index is 1180. The van der Waals surface area contributed by atoms with E-state index in [2.05, 4.69) is 15.0 Å². The summed E-state index contributed by atoms with van der Waals surface area (Å²) in [5.41, 5.74) is 2.94. The molecule has 0 unspecified atom stereocenters. The molecule has 0 bridgehead atoms. The molecule has 0 atom stereocenters. The SMILES string of the molecule is COc1ccc(OCCN(C)C(=O)c2cc(-c3ccncc3)c3cnccc3n2)cc1. The fraction of sp³-hybridized carbons (Fsp3) is 0.167. The molecule has 1 aromatic carbocycles. The van der Waals surface area contributed by atoms with Crippen LogP contribution in [0.2, 0.25) is 0 Å². The highest BCUT2D eigenvalue weighted by molar-refractivity contribution is 6.00. The van der Waals surface area contributed by atoms with Gasteiger partial charge in [0.25, 0.3) is 5.91 Å². The first-order valence-corrected chi connectivity index (χ1v) is 9.83. The summed E-state index contributed by atoms with van der Waals surface area (Å²) in [6.07, 6.45) is 6.88. The maximum absolute atomic E-state index is 13.1. The molecule has 0 aliphatic rings.